The predicted molar refractivity (Wildman–Crippen MR) is 440 cm³/mol. The molecule has 12 aromatic carbocycles. The molecule has 1 aliphatic carbocycles. The highest BCUT2D eigenvalue weighted by Crippen LogP contribution is 2.60. The van der Waals surface area contributed by atoms with Crippen LogP contribution >= 0.6 is 0 Å². The molecule has 648 valence electrons. The fraction of sp³-hybridized carbons (Fsp3) is 0.167. The molecule has 0 saturated carbocycles. The minimum absolute atomic E-state index is 0. The Morgan fingerprint density at radius 1 is 0.194 bits per heavy atom. The fourth-order valence-corrected chi connectivity index (χ4v) is 17.7. The smallest absolute Gasteiger partial charge is 0.335 e. The van der Waals surface area contributed by atoms with E-state index in [-0.39, 0.29) is 258 Å². The van der Waals surface area contributed by atoms with Crippen molar-refractivity contribution >= 4 is 47.8 Å². The number of benzene rings is 12. The van der Waals surface area contributed by atoms with Crippen LogP contribution in [0, 0.1) is 0 Å². The molecule has 0 amide bonds. The van der Waals surface area contributed by atoms with Crippen LogP contribution in [0.5, 0.6) is 138 Å². The Labute approximate surface area is 726 Å². The zero-order valence-electron chi connectivity index (χ0n) is 66.6. The summed E-state index contributed by atoms with van der Waals surface area (Å²) in [6, 6.07) is 45.1. The normalized spacial score (nSPS) is 18.4. The highest BCUT2D eigenvalue weighted by molar-refractivity contribution is 5.91. The maximum absolute atomic E-state index is 13.6. The number of carboxylic acid groups (broad SMARTS) is 8. The second kappa shape index (κ2) is 31.4. The van der Waals surface area contributed by atoms with E-state index in [1.165, 1.54) is 170 Å². The van der Waals surface area contributed by atoms with E-state index in [2.05, 4.69) is 0 Å². The first-order chi connectivity index (χ1) is 61.7. The third-order valence-electron chi connectivity index (χ3n) is 23.1. The van der Waals surface area contributed by atoms with Gasteiger partial charge in [0.15, 0.2) is 0 Å². The molecule has 0 unspecified atom stereocenters. The third-order valence-corrected chi connectivity index (χ3v) is 23.1. The Bertz CT molecular complexity index is 5770. The summed E-state index contributed by atoms with van der Waals surface area (Å²) in [5, 5.41) is 88.4. The van der Waals surface area contributed by atoms with E-state index >= 15 is 0 Å². The molecule has 0 atom stereocenters. The van der Waals surface area contributed by atoms with E-state index in [1.807, 2.05) is 0 Å². The molecule has 8 aliphatic heterocycles. The number of hydrogen-bond donors (Lipinski definition) is 8. The van der Waals surface area contributed by atoms with Gasteiger partial charge in [-0.15, -0.1) is 0 Å². The fourth-order valence-electron chi connectivity index (χ4n) is 17.7. The number of hydrogen-bond acceptors (Lipinski definition) is 24. The van der Waals surface area contributed by atoms with Gasteiger partial charge in [-0.25, -0.2) is 19.2 Å². The topological polar surface area (TPSA) is 478 Å². The first kappa shape index (κ1) is 80.6. The summed E-state index contributed by atoms with van der Waals surface area (Å²) in [6.45, 7) is 0. The lowest BCUT2D eigenvalue weighted by Crippen LogP contribution is -2.26. The van der Waals surface area contributed by atoms with Crippen LogP contribution in [0.4, 0.5) is 0 Å². The van der Waals surface area contributed by atoms with Crippen LogP contribution < -0.4 is 75.8 Å². The van der Waals surface area contributed by atoms with E-state index < -0.39 is 122 Å². The summed E-state index contributed by atoms with van der Waals surface area (Å²) < 4.78 is 114. The second-order valence-electron chi connectivity index (χ2n) is 31.7. The summed E-state index contributed by atoms with van der Waals surface area (Å²) in [5.74, 6) is -19.1. The lowest BCUT2D eigenvalue weighted by Gasteiger charge is -2.38. The maximum Gasteiger partial charge on any atom is 0.335 e. The average Bonchev–Trinajstić information content (AvgIpc) is 0.722. The molecule has 0 spiro atoms. The number of rotatable bonds is 16. The first-order valence-electron chi connectivity index (χ1n) is 40.2. The summed E-state index contributed by atoms with van der Waals surface area (Å²) in [5.41, 5.74) is 0.258. The van der Waals surface area contributed by atoms with Crippen LogP contribution in [0.2, 0.25) is 0 Å². The molecule has 33 nitrogen and oxygen atoms in total. The molecule has 9 aliphatic rings. The molecular weight excluding hydrogens is 1680 g/mol. The lowest BCUT2D eigenvalue weighted by molar-refractivity contribution is -0.138. The molecule has 12 aromatic rings. The van der Waals surface area contributed by atoms with Gasteiger partial charge >= 0.3 is 47.8 Å². The number of ether oxygens (including phenoxy) is 16. The Kier molecular flexibility index (Phi) is 19.6. The minimum Gasteiger partial charge on any atom is -0.481 e. The van der Waals surface area contributed by atoms with Crippen LogP contribution in [0.25, 0.3) is 0 Å². The Morgan fingerprint density at radius 2 is 0.333 bits per heavy atom. The number of carbonyl (C=O) groups is 8. The molecule has 0 aromatic heterocycles. The van der Waals surface area contributed by atoms with Crippen LogP contribution in [0.1, 0.15) is 208 Å². The molecule has 21 rings (SSSR count). The van der Waals surface area contributed by atoms with Crippen LogP contribution in [-0.2, 0) is 19.2 Å². The highest BCUT2D eigenvalue weighted by Gasteiger charge is 2.44. The Balaban J connectivity index is 0.0000104. The van der Waals surface area contributed by atoms with Crippen molar-refractivity contribution in [1.82, 2.24) is 0 Å². The quantitative estimate of drug-likeness (QED) is 0.0445. The summed E-state index contributed by atoms with van der Waals surface area (Å²) in [7, 11) is 0. The van der Waals surface area contributed by atoms with Crippen molar-refractivity contribution < 1.29 is 160 Å². The van der Waals surface area contributed by atoms with Crippen LogP contribution in [-0.4, -0.2) is 94.1 Å². The van der Waals surface area contributed by atoms with E-state index in [0.717, 1.165) is 0 Å². The number of aliphatic carboxylic acids is 4. The minimum atomic E-state index is -1.81. The van der Waals surface area contributed by atoms with Gasteiger partial charge in [-0.1, -0.05) is 0 Å². The average molecular weight is 1750 g/mol. The predicted octanol–water partition coefficient (Wildman–Crippen LogP) is 19.4. The van der Waals surface area contributed by atoms with E-state index in [4.69, 9.17) is 75.8 Å². The van der Waals surface area contributed by atoms with Crippen molar-refractivity contribution in [3.8, 4) is 138 Å². The largest absolute Gasteiger partial charge is 0.481 e. The van der Waals surface area contributed by atoms with Crippen molar-refractivity contribution in [2.24, 2.45) is 0 Å². The van der Waals surface area contributed by atoms with Gasteiger partial charge < -0.3 is 122 Å². The second-order valence-corrected chi connectivity index (χ2v) is 31.7. The number of aromatic carboxylic acids is 4. The van der Waals surface area contributed by atoms with Crippen molar-refractivity contribution in [2.45, 2.75) is 100 Å². The molecule has 40 bridgehead atoms. The van der Waals surface area contributed by atoms with Gasteiger partial charge in [0.1, 0.15) is 138 Å². The van der Waals surface area contributed by atoms with Gasteiger partial charge in [0.25, 0.3) is 25.2 Å². The zero-order chi connectivity index (χ0) is 87.9. The van der Waals surface area contributed by atoms with Crippen LogP contribution in [0.3, 0.4) is 0 Å². The van der Waals surface area contributed by atoms with Crippen molar-refractivity contribution in [3.05, 3.63) is 283 Å². The third kappa shape index (κ3) is 15.6. The molecule has 129 heavy (non-hydrogen) atoms. The molecule has 33 heteroatoms. The van der Waals surface area contributed by atoms with Crippen molar-refractivity contribution in [1.29, 1.82) is 0 Å². The highest BCUT2D eigenvalue weighted by atomic mass is 16.7. The van der Waals surface area contributed by atoms with Crippen LogP contribution in [0.15, 0.2) is 194 Å². The zero-order valence-corrected chi connectivity index (χ0v) is 66.6. The molecule has 10 N–H and O–H groups in total. The first-order valence-corrected chi connectivity index (χ1v) is 40.2. The maximum atomic E-state index is 13.6. The summed E-state index contributed by atoms with van der Waals surface area (Å²) in [4.78, 5) is 109. The Morgan fingerprint density at radius 3 is 0.465 bits per heavy atom. The van der Waals surface area contributed by atoms with Crippen molar-refractivity contribution in [2.75, 3.05) is 0 Å². The molecular formula is C96H66O33. The van der Waals surface area contributed by atoms with Gasteiger partial charge in [0.2, 0.25) is 0 Å². The molecule has 0 radical (unpaired) electrons. The lowest BCUT2D eigenvalue weighted by atomic mass is 9.76. The molecule has 8 heterocycles. The summed E-state index contributed by atoms with van der Waals surface area (Å²) >= 11 is 0. The summed E-state index contributed by atoms with van der Waals surface area (Å²) in [6.07, 6.45) is -10.6. The molecule has 0 fully saturated rings. The van der Waals surface area contributed by atoms with Gasteiger partial charge in [-0.05, 0) is 147 Å². The monoisotopic (exact) mass is 1750 g/mol. The van der Waals surface area contributed by atoms with Gasteiger partial charge in [-0.3, -0.25) is 19.2 Å². The van der Waals surface area contributed by atoms with E-state index in [1.54, 1.807) is 24.3 Å². The van der Waals surface area contributed by atoms with E-state index in [0.29, 0.717) is 0 Å². The van der Waals surface area contributed by atoms with Gasteiger partial charge in [0, 0.05) is 189 Å². The number of carboxylic acids is 8. The van der Waals surface area contributed by atoms with E-state index in [9.17, 15) is 79.2 Å². The standard InChI is InChI=1S/C96H64O32.H2O/c97-85(98)5-1-65-69-33-71-66(2-6-86(99)100)73-35-75-68(4-8-88(103)104)76-36-74-67(3-7-87(101)102)72-34-70(65)78-38-80(72)124-95-47-20-60-31-62(22-47)118-54-14-44(92(111)112)16-56(28-54)120-64-24-48-23-63(32-64)119-55-15-43(91(109)110)13-53(27-55)117-61-21-46-19-59(30-61)115-51-11-41(89(105)106)9-49(25-51)113-57-17-45(18-58(29-57)114-50-10-42(90(107)108)12-52(26-50)116-60)93(122-78)121-77(69)37-79(71)123-94(46)125-81(73)39-83(75)127-96(48)128-84(76)40-82(74)126-95;/h9-40,65-68,93-96H,1-8H2,(H,97,98)(H,99,100)(H,101,102)(H,103,104)(H,105,106)(H,107,108)(H,109,110)(H,111,112);1H2. The Hall–Kier alpha value is -16.8. The number of fused-ring (bicyclic) bond motifs is 16. The van der Waals surface area contributed by atoms with Gasteiger partial charge in [-0.2, -0.15) is 0 Å². The SMILES string of the molecule is O.O=C(O)CCC1c2cc3c4cc2OC2Oc5cc6c(cc51)C(CCC(=O)O)c1cc5c7cc1OC(O6)c1cc6cc(c1)Oc1cc(cc(C(=O)O)c1)Oc1cc8cc(c1)C(Oc1cc(c(cc1C5CCC(=O)O)C3CCC(=O)O)OC(O4)c1cc(cc(c1)Oc1cc(cc(C(=O)O)c1)O8)Oc1cc(cc(C(=O)O)c1)Oc1cc(cc2c1)Oc1cc(cc(C(=O)O)c1)O6)O7. The van der Waals surface area contributed by atoms with Crippen molar-refractivity contribution in [3.63, 3.8) is 0 Å². The molecule has 0 saturated heterocycles. The van der Waals surface area contributed by atoms with Gasteiger partial charge in [0.05, 0.1) is 22.3 Å².